The topological polar surface area (TPSA) is 96.9 Å². The van der Waals surface area contributed by atoms with E-state index < -0.39 is 12.0 Å². The summed E-state index contributed by atoms with van der Waals surface area (Å²) in [5.41, 5.74) is 0.857. The van der Waals surface area contributed by atoms with Crippen molar-refractivity contribution in [1.82, 2.24) is 10.6 Å². The molecule has 0 saturated heterocycles. The number of benzene rings is 1. The fourth-order valence-electron chi connectivity index (χ4n) is 2.62. The Morgan fingerprint density at radius 3 is 2.67 bits per heavy atom. The molecule has 0 atom stereocenters. The standard InChI is InChI=1S/C17H24N2O5/c1-23-14-7-6-12(11-19-17(22)18-9-8-16(20)21)15(10-14)24-13-4-2-3-5-13/h6-7,10,13H,2-5,8-9,11H2,1H3,(H,20,21)(H2,18,19,22). The Bertz CT molecular complexity index is 570. The Labute approximate surface area is 141 Å². The van der Waals surface area contributed by atoms with Gasteiger partial charge in [0.05, 0.1) is 19.6 Å². The molecule has 0 heterocycles. The van der Waals surface area contributed by atoms with Gasteiger partial charge in [0.25, 0.3) is 0 Å². The van der Waals surface area contributed by atoms with Gasteiger partial charge in [-0.3, -0.25) is 4.79 Å². The van der Waals surface area contributed by atoms with Gasteiger partial charge in [0.2, 0.25) is 0 Å². The quantitative estimate of drug-likeness (QED) is 0.677. The lowest BCUT2D eigenvalue weighted by Gasteiger charge is -2.18. The summed E-state index contributed by atoms with van der Waals surface area (Å²) in [5.74, 6) is 0.474. The average Bonchev–Trinajstić information content (AvgIpc) is 3.06. The van der Waals surface area contributed by atoms with Gasteiger partial charge in [-0.05, 0) is 37.8 Å². The first-order valence-corrected chi connectivity index (χ1v) is 8.15. The average molecular weight is 336 g/mol. The first-order chi connectivity index (χ1) is 11.6. The van der Waals surface area contributed by atoms with Crippen molar-refractivity contribution in [3.63, 3.8) is 0 Å². The van der Waals surface area contributed by atoms with Crippen molar-refractivity contribution in [2.75, 3.05) is 13.7 Å². The summed E-state index contributed by atoms with van der Waals surface area (Å²) in [6.45, 7) is 0.389. The van der Waals surface area contributed by atoms with Gasteiger partial charge >= 0.3 is 12.0 Å². The lowest BCUT2D eigenvalue weighted by atomic mass is 10.2. The minimum absolute atomic E-state index is 0.0925. The SMILES string of the molecule is COc1ccc(CNC(=O)NCCC(=O)O)c(OC2CCCC2)c1. The number of nitrogens with one attached hydrogen (secondary N) is 2. The van der Waals surface area contributed by atoms with Crippen LogP contribution in [0.2, 0.25) is 0 Å². The third-order valence-electron chi connectivity index (χ3n) is 3.93. The molecule has 1 aromatic carbocycles. The molecule has 2 amide bonds. The molecule has 0 aromatic heterocycles. The molecule has 7 heteroatoms. The number of methoxy groups -OCH3 is 1. The van der Waals surface area contributed by atoms with E-state index in [-0.39, 0.29) is 19.1 Å². The largest absolute Gasteiger partial charge is 0.497 e. The van der Waals surface area contributed by atoms with Crippen LogP contribution in [0.15, 0.2) is 18.2 Å². The second-order valence-electron chi connectivity index (χ2n) is 5.75. The van der Waals surface area contributed by atoms with Crippen LogP contribution in [0.5, 0.6) is 11.5 Å². The third-order valence-corrected chi connectivity index (χ3v) is 3.93. The maximum atomic E-state index is 11.7. The van der Waals surface area contributed by atoms with Gasteiger partial charge in [0.15, 0.2) is 0 Å². The molecular formula is C17H24N2O5. The summed E-state index contributed by atoms with van der Waals surface area (Å²) < 4.78 is 11.3. The number of aliphatic carboxylic acids is 1. The Morgan fingerprint density at radius 1 is 1.25 bits per heavy atom. The van der Waals surface area contributed by atoms with Crippen molar-refractivity contribution < 1.29 is 24.2 Å². The van der Waals surface area contributed by atoms with Crippen molar-refractivity contribution >= 4 is 12.0 Å². The molecule has 7 nitrogen and oxygen atoms in total. The minimum atomic E-state index is -0.947. The van der Waals surface area contributed by atoms with Gasteiger partial charge in [-0.15, -0.1) is 0 Å². The van der Waals surface area contributed by atoms with E-state index in [1.165, 1.54) is 12.8 Å². The van der Waals surface area contributed by atoms with Gasteiger partial charge in [-0.1, -0.05) is 0 Å². The zero-order chi connectivity index (χ0) is 17.4. The molecule has 132 valence electrons. The first-order valence-electron chi connectivity index (χ1n) is 8.15. The number of carbonyl (C=O) groups is 2. The minimum Gasteiger partial charge on any atom is -0.497 e. The molecule has 2 rings (SSSR count). The van der Waals surface area contributed by atoms with Crippen LogP contribution >= 0.6 is 0 Å². The van der Waals surface area contributed by atoms with E-state index in [0.29, 0.717) is 18.0 Å². The highest BCUT2D eigenvalue weighted by Gasteiger charge is 2.18. The number of carboxylic acids is 1. The number of hydrogen-bond acceptors (Lipinski definition) is 4. The number of rotatable bonds is 8. The summed E-state index contributed by atoms with van der Waals surface area (Å²) in [6.07, 6.45) is 4.54. The van der Waals surface area contributed by atoms with E-state index in [1.807, 2.05) is 18.2 Å². The van der Waals surface area contributed by atoms with Crippen LogP contribution in [0.4, 0.5) is 4.79 Å². The van der Waals surface area contributed by atoms with Crippen LogP contribution in [-0.2, 0) is 11.3 Å². The maximum Gasteiger partial charge on any atom is 0.315 e. The van der Waals surface area contributed by atoms with Gasteiger partial charge in [-0.25, -0.2) is 4.79 Å². The molecule has 0 unspecified atom stereocenters. The van der Waals surface area contributed by atoms with Crippen molar-refractivity contribution in [2.24, 2.45) is 0 Å². The van der Waals surface area contributed by atoms with E-state index >= 15 is 0 Å². The van der Waals surface area contributed by atoms with Crippen molar-refractivity contribution in [2.45, 2.75) is 44.8 Å². The maximum absolute atomic E-state index is 11.7. The highest BCUT2D eigenvalue weighted by molar-refractivity contribution is 5.75. The molecule has 0 radical (unpaired) electrons. The normalized spacial score (nSPS) is 14.2. The van der Waals surface area contributed by atoms with Gasteiger partial charge in [0.1, 0.15) is 11.5 Å². The fourth-order valence-corrected chi connectivity index (χ4v) is 2.62. The lowest BCUT2D eigenvalue weighted by Crippen LogP contribution is -2.36. The molecule has 1 aromatic rings. The lowest BCUT2D eigenvalue weighted by molar-refractivity contribution is -0.136. The Kier molecular flexibility index (Phi) is 6.72. The van der Waals surface area contributed by atoms with Crippen molar-refractivity contribution in [1.29, 1.82) is 0 Å². The van der Waals surface area contributed by atoms with E-state index in [0.717, 1.165) is 18.4 Å². The van der Waals surface area contributed by atoms with Crippen LogP contribution in [-0.4, -0.2) is 36.9 Å². The number of carboxylic acid groups (broad SMARTS) is 1. The predicted octanol–water partition coefficient (Wildman–Crippen LogP) is 2.29. The highest BCUT2D eigenvalue weighted by Crippen LogP contribution is 2.29. The number of ether oxygens (including phenoxy) is 2. The van der Waals surface area contributed by atoms with E-state index in [4.69, 9.17) is 14.6 Å². The second-order valence-corrected chi connectivity index (χ2v) is 5.75. The molecule has 1 aliphatic rings. The van der Waals surface area contributed by atoms with Crippen molar-refractivity contribution in [3.8, 4) is 11.5 Å². The van der Waals surface area contributed by atoms with Crippen LogP contribution < -0.4 is 20.1 Å². The summed E-state index contributed by atoms with van der Waals surface area (Å²) in [4.78, 5) is 22.1. The highest BCUT2D eigenvalue weighted by atomic mass is 16.5. The molecule has 1 aliphatic carbocycles. The zero-order valence-corrected chi connectivity index (χ0v) is 13.8. The Balaban J connectivity index is 1.92. The summed E-state index contributed by atoms with van der Waals surface area (Å²) in [7, 11) is 1.60. The van der Waals surface area contributed by atoms with E-state index in [9.17, 15) is 9.59 Å². The van der Waals surface area contributed by atoms with E-state index in [1.54, 1.807) is 7.11 Å². The molecule has 3 N–H and O–H groups in total. The third kappa shape index (κ3) is 5.64. The number of carbonyl (C=O) groups excluding carboxylic acids is 1. The van der Waals surface area contributed by atoms with E-state index in [2.05, 4.69) is 10.6 Å². The summed E-state index contributed by atoms with van der Waals surface area (Å²) in [5, 5.41) is 13.8. The Hall–Kier alpha value is -2.44. The molecule has 1 fully saturated rings. The second kappa shape index (κ2) is 9.00. The first kappa shape index (κ1) is 17.9. The number of urea groups is 1. The molecule has 0 aliphatic heterocycles. The fraction of sp³-hybridized carbons (Fsp3) is 0.529. The smallest absolute Gasteiger partial charge is 0.315 e. The van der Waals surface area contributed by atoms with Crippen LogP contribution in [0.1, 0.15) is 37.7 Å². The number of amides is 2. The van der Waals surface area contributed by atoms with Gasteiger partial charge in [-0.2, -0.15) is 0 Å². The molecule has 1 saturated carbocycles. The molecular weight excluding hydrogens is 312 g/mol. The summed E-state index contributed by atoms with van der Waals surface area (Å²) in [6, 6.07) is 5.11. The monoisotopic (exact) mass is 336 g/mol. The number of hydrogen-bond donors (Lipinski definition) is 3. The van der Waals surface area contributed by atoms with Crippen LogP contribution in [0, 0.1) is 0 Å². The molecule has 0 spiro atoms. The molecule has 0 bridgehead atoms. The zero-order valence-electron chi connectivity index (χ0n) is 13.8. The van der Waals surface area contributed by atoms with Gasteiger partial charge < -0.3 is 25.2 Å². The van der Waals surface area contributed by atoms with Crippen LogP contribution in [0.3, 0.4) is 0 Å². The molecule has 24 heavy (non-hydrogen) atoms. The Morgan fingerprint density at radius 2 is 2.00 bits per heavy atom. The van der Waals surface area contributed by atoms with Crippen LogP contribution in [0.25, 0.3) is 0 Å². The predicted molar refractivity (Wildman–Crippen MR) is 88.4 cm³/mol. The summed E-state index contributed by atoms with van der Waals surface area (Å²) >= 11 is 0. The van der Waals surface area contributed by atoms with Crippen molar-refractivity contribution in [3.05, 3.63) is 23.8 Å². The van der Waals surface area contributed by atoms with Gasteiger partial charge in [0, 0.05) is 24.7 Å².